The predicted molar refractivity (Wildman–Crippen MR) is 105 cm³/mol. The highest BCUT2D eigenvalue weighted by Gasteiger charge is 2.32. The van der Waals surface area contributed by atoms with Crippen LogP contribution >= 0.6 is 0 Å². The number of carbonyl (C=O) groups excluding carboxylic acids is 2. The van der Waals surface area contributed by atoms with Crippen molar-refractivity contribution in [2.45, 2.75) is 57.8 Å². The van der Waals surface area contributed by atoms with E-state index < -0.39 is 17.4 Å². The summed E-state index contributed by atoms with van der Waals surface area (Å²) in [4.78, 5) is 22.7. The zero-order chi connectivity index (χ0) is 20.2. The van der Waals surface area contributed by atoms with Gasteiger partial charge in [-0.05, 0) is 43.2 Å². The van der Waals surface area contributed by atoms with Crippen LogP contribution in [0.3, 0.4) is 0 Å². The van der Waals surface area contributed by atoms with Crippen molar-refractivity contribution in [3.63, 3.8) is 0 Å². The molecule has 28 heavy (non-hydrogen) atoms. The number of carboxylic acid groups (broad SMARTS) is 2. The molecule has 4 nitrogen and oxygen atoms in total. The molecule has 0 saturated carbocycles. The smallest absolute Gasteiger partial charge is 0.0482 e. The van der Waals surface area contributed by atoms with Crippen molar-refractivity contribution in [3.8, 4) is 0 Å². The maximum Gasteiger partial charge on any atom is 0.0482 e. The number of aliphatic carboxylic acids is 2. The van der Waals surface area contributed by atoms with Crippen LogP contribution in [0.2, 0.25) is 0 Å². The first-order chi connectivity index (χ1) is 13.5. The molecule has 0 N–H and O–H groups in total. The molecule has 0 aromatic heterocycles. The van der Waals surface area contributed by atoms with E-state index in [9.17, 15) is 19.8 Å². The van der Waals surface area contributed by atoms with Crippen molar-refractivity contribution in [2.24, 2.45) is 5.41 Å². The van der Waals surface area contributed by atoms with Crippen LogP contribution in [0.25, 0.3) is 0 Å². The number of rotatable bonds is 13. The molecular weight excluding hydrogens is 352 g/mol. The molecule has 0 fully saturated rings. The Balaban J connectivity index is 2.03. The van der Waals surface area contributed by atoms with E-state index in [2.05, 4.69) is 0 Å². The molecule has 0 bridgehead atoms. The van der Waals surface area contributed by atoms with Gasteiger partial charge in [0.15, 0.2) is 0 Å². The largest absolute Gasteiger partial charge is 0.550 e. The summed E-state index contributed by atoms with van der Waals surface area (Å²) in [5.41, 5.74) is 1.04. The van der Waals surface area contributed by atoms with Gasteiger partial charge in [0, 0.05) is 17.4 Å². The number of carboxylic acids is 2. The minimum Gasteiger partial charge on any atom is -0.550 e. The van der Waals surface area contributed by atoms with E-state index in [1.54, 1.807) is 0 Å². The lowest BCUT2D eigenvalue weighted by molar-refractivity contribution is -0.320. The Hall–Kier alpha value is -2.62. The minimum atomic E-state index is -1.01. The Kier molecular flexibility index (Phi) is 8.73. The van der Waals surface area contributed by atoms with Crippen LogP contribution in [0.1, 0.15) is 56.1 Å². The average molecular weight is 380 g/mol. The van der Waals surface area contributed by atoms with E-state index in [1.807, 2.05) is 60.7 Å². The zero-order valence-electron chi connectivity index (χ0n) is 16.3. The van der Waals surface area contributed by atoms with Gasteiger partial charge >= 0.3 is 0 Å². The fourth-order valence-corrected chi connectivity index (χ4v) is 3.72. The van der Waals surface area contributed by atoms with Crippen molar-refractivity contribution >= 4 is 11.9 Å². The number of hydrogen-bond donors (Lipinski definition) is 0. The third-order valence-corrected chi connectivity index (χ3v) is 5.24. The molecule has 0 aliphatic rings. The van der Waals surface area contributed by atoms with Crippen molar-refractivity contribution < 1.29 is 19.8 Å². The molecule has 0 aliphatic carbocycles. The summed E-state index contributed by atoms with van der Waals surface area (Å²) in [5.74, 6) is -2.01. The van der Waals surface area contributed by atoms with Gasteiger partial charge < -0.3 is 19.8 Å². The fourth-order valence-electron chi connectivity index (χ4n) is 3.72. The van der Waals surface area contributed by atoms with Gasteiger partial charge in [-0.1, -0.05) is 86.3 Å². The van der Waals surface area contributed by atoms with Gasteiger partial charge in [0.2, 0.25) is 0 Å². The van der Waals surface area contributed by atoms with E-state index >= 15 is 0 Å². The van der Waals surface area contributed by atoms with Crippen molar-refractivity contribution in [2.75, 3.05) is 0 Å². The van der Waals surface area contributed by atoms with Crippen LogP contribution < -0.4 is 10.2 Å². The molecule has 0 atom stereocenters. The van der Waals surface area contributed by atoms with Gasteiger partial charge in [0.25, 0.3) is 0 Å². The molecule has 0 unspecified atom stereocenters. The Bertz CT molecular complexity index is 683. The SMILES string of the molecule is O=C([O-])CCCCCCCC(Cc1ccccc1)(Cc1ccccc1)C(=O)[O-]. The summed E-state index contributed by atoms with van der Waals surface area (Å²) < 4.78 is 0. The third kappa shape index (κ3) is 7.18. The number of carbonyl (C=O) groups is 2. The molecule has 4 heteroatoms. The van der Waals surface area contributed by atoms with E-state index in [0.717, 1.165) is 36.8 Å². The molecule has 0 amide bonds. The molecule has 0 spiro atoms. The maximum atomic E-state index is 12.3. The van der Waals surface area contributed by atoms with Crippen molar-refractivity contribution in [3.05, 3.63) is 71.8 Å². The van der Waals surface area contributed by atoms with Crippen LogP contribution in [0.15, 0.2) is 60.7 Å². The Morgan fingerprint density at radius 3 is 1.61 bits per heavy atom. The maximum absolute atomic E-state index is 12.3. The van der Waals surface area contributed by atoms with Gasteiger partial charge in [-0.3, -0.25) is 0 Å². The Labute approximate surface area is 167 Å². The molecule has 0 saturated heterocycles. The summed E-state index contributed by atoms with van der Waals surface area (Å²) in [6.07, 6.45) is 5.50. The van der Waals surface area contributed by atoms with E-state index in [4.69, 9.17) is 0 Å². The second-order valence-corrected chi connectivity index (χ2v) is 7.53. The highest BCUT2D eigenvalue weighted by Crippen LogP contribution is 2.34. The summed E-state index contributed by atoms with van der Waals surface area (Å²) in [6, 6.07) is 19.4. The van der Waals surface area contributed by atoms with Gasteiger partial charge in [-0.25, -0.2) is 0 Å². The number of benzene rings is 2. The Morgan fingerprint density at radius 1 is 0.679 bits per heavy atom. The third-order valence-electron chi connectivity index (χ3n) is 5.24. The van der Waals surface area contributed by atoms with Crippen LogP contribution in [0.4, 0.5) is 0 Å². The fraction of sp³-hybridized carbons (Fsp3) is 0.417. The molecular formula is C24H28O4-2. The average Bonchev–Trinajstić information content (AvgIpc) is 2.68. The lowest BCUT2D eigenvalue weighted by atomic mass is 9.73. The number of hydrogen-bond acceptors (Lipinski definition) is 4. The summed E-state index contributed by atoms with van der Waals surface area (Å²) >= 11 is 0. The van der Waals surface area contributed by atoms with Crippen LogP contribution in [0, 0.1) is 5.41 Å². The van der Waals surface area contributed by atoms with Gasteiger partial charge in [0.05, 0.1) is 0 Å². The standard InChI is InChI=1S/C24H30O4/c25-22(26)16-10-2-1-3-11-17-24(23(27)28,18-20-12-6-4-7-13-20)19-21-14-8-5-9-15-21/h4-9,12-15H,1-3,10-11,16-19H2,(H,25,26)(H,27,28)/p-2. The highest BCUT2D eigenvalue weighted by molar-refractivity contribution is 5.73. The lowest BCUT2D eigenvalue weighted by Crippen LogP contribution is -2.45. The molecule has 0 heterocycles. The van der Waals surface area contributed by atoms with Crippen LogP contribution in [-0.4, -0.2) is 11.9 Å². The van der Waals surface area contributed by atoms with Gasteiger partial charge in [-0.15, -0.1) is 0 Å². The molecule has 0 radical (unpaired) electrons. The summed E-state index contributed by atoms with van der Waals surface area (Å²) in [5, 5.41) is 22.7. The van der Waals surface area contributed by atoms with Gasteiger partial charge in [-0.2, -0.15) is 0 Å². The first-order valence-electron chi connectivity index (χ1n) is 10.0. The monoisotopic (exact) mass is 380 g/mol. The summed E-state index contributed by atoms with van der Waals surface area (Å²) in [7, 11) is 0. The molecule has 2 rings (SSSR count). The molecule has 2 aromatic rings. The molecule has 0 aliphatic heterocycles. The summed E-state index contributed by atoms with van der Waals surface area (Å²) in [6.45, 7) is 0. The second kappa shape index (κ2) is 11.3. The highest BCUT2D eigenvalue weighted by atomic mass is 16.4. The zero-order valence-corrected chi connectivity index (χ0v) is 16.3. The first-order valence-corrected chi connectivity index (χ1v) is 10.0. The Morgan fingerprint density at radius 2 is 1.14 bits per heavy atom. The topological polar surface area (TPSA) is 80.3 Å². The minimum absolute atomic E-state index is 0.0883. The number of unbranched alkanes of at least 4 members (excludes halogenated alkanes) is 4. The second-order valence-electron chi connectivity index (χ2n) is 7.53. The normalized spacial score (nSPS) is 11.3. The lowest BCUT2D eigenvalue weighted by Gasteiger charge is -2.36. The quantitative estimate of drug-likeness (QED) is 0.501. The van der Waals surface area contributed by atoms with E-state index in [1.165, 1.54) is 0 Å². The van der Waals surface area contributed by atoms with Crippen LogP contribution in [0.5, 0.6) is 0 Å². The predicted octanol–water partition coefficient (Wildman–Crippen LogP) is 2.69. The van der Waals surface area contributed by atoms with Gasteiger partial charge in [0.1, 0.15) is 0 Å². The molecule has 2 aromatic carbocycles. The van der Waals surface area contributed by atoms with Crippen LogP contribution in [-0.2, 0) is 22.4 Å². The first kappa shape index (κ1) is 21.7. The van der Waals surface area contributed by atoms with Crippen molar-refractivity contribution in [1.82, 2.24) is 0 Å². The molecule has 150 valence electrons. The van der Waals surface area contributed by atoms with Crippen molar-refractivity contribution in [1.29, 1.82) is 0 Å². The van der Waals surface area contributed by atoms with E-state index in [0.29, 0.717) is 25.7 Å². The van der Waals surface area contributed by atoms with E-state index in [-0.39, 0.29) is 6.42 Å².